The van der Waals surface area contributed by atoms with Crippen molar-refractivity contribution in [3.8, 4) is 0 Å². The maximum Gasteiger partial charge on any atom is 0.242 e. The summed E-state index contributed by atoms with van der Waals surface area (Å²) in [6.45, 7) is 6.02. The van der Waals surface area contributed by atoms with E-state index in [9.17, 15) is 13.2 Å². The number of benzene rings is 1. The van der Waals surface area contributed by atoms with Crippen molar-refractivity contribution in [2.75, 3.05) is 13.1 Å². The number of halogens is 2. The number of amides is 1. The molecule has 0 aromatic heterocycles. The van der Waals surface area contributed by atoms with Gasteiger partial charge in [-0.1, -0.05) is 29.8 Å². The Morgan fingerprint density at radius 2 is 1.86 bits per heavy atom. The van der Waals surface area contributed by atoms with E-state index in [1.165, 1.54) is 6.07 Å². The normalized spacial score (nSPS) is 11.7. The van der Waals surface area contributed by atoms with Crippen molar-refractivity contribution >= 4 is 47.8 Å². The van der Waals surface area contributed by atoms with Crippen LogP contribution in [0.2, 0.25) is 0 Å². The maximum atomic E-state index is 12.2. The number of carbonyl (C=O) groups is 1. The zero-order valence-electron chi connectivity index (χ0n) is 12.0. The predicted molar refractivity (Wildman–Crippen MR) is 89.6 cm³/mol. The smallest absolute Gasteiger partial charge is 0.242 e. The first kappa shape index (κ1) is 18.6. The van der Waals surface area contributed by atoms with Crippen molar-refractivity contribution < 1.29 is 13.2 Å². The molecule has 0 saturated carbocycles. The first-order valence-electron chi connectivity index (χ1n) is 6.35. The number of aryl methyl sites for hydroxylation is 1. The second-order valence-electron chi connectivity index (χ2n) is 5.05. The highest BCUT2D eigenvalue weighted by Gasteiger charge is 2.20. The molecule has 21 heavy (non-hydrogen) atoms. The molecule has 0 atom stereocenters. The van der Waals surface area contributed by atoms with Crippen LogP contribution in [-0.4, -0.2) is 27.4 Å². The lowest BCUT2D eigenvalue weighted by atomic mass is 10.2. The molecule has 0 unspecified atom stereocenters. The number of rotatable bonds is 6. The van der Waals surface area contributed by atoms with Gasteiger partial charge in [0.2, 0.25) is 15.9 Å². The number of hydrogen-bond donors (Lipinski definition) is 2. The summed E-state index contributed by atoms with van der Waals surface area (Å²) in [4.78, 5) is 11.7. The van der Waals surface area contributed by atoms with Crippen molar-refractivity contribution in [3.63, 3.8) is 0 Å². The van der Waals surface area contributed by atoms with Crippen LogP contribution in [0.4, 0.5) is 0 Å². The highest BCUT2D eigenvalue weighted by molar-refractivity contribution is 9.11. The molecule has 0 heterocycles. The Kier molecular flexibility index (Phi) is 6.83. The Hall–Kier alpha value is -0.440. The van der Waals surface area contributed by atoms with Gasteiger partial charge in [0.25, 0.3) is 0 Å². The molecule has 1 amide bonds. The summed E-state index contributed by atoms with van der Waals surface area (Å²) in [5.74, 6) is -0.0395. The Morgan fingerprint density at radius 1 is 1.24 bits per heavy atom. The molecule has 0 spiro atoms. The molecule has 0 aliphatic carbocycles. The largest absolute Gasteiger partial charge is 0.355 e. The van der Waals surface area contributed by atoms with Gasteiger partial charge in [0, 0.05) is 15.5 Å². The SMILES string of the molecule is Cc1cc(Br)c(S(=O)(=O)NCC(=O)NCC(C)C)cc1Br. The van der Waals surface area contributed by atoms with Crippen molar-refractivity contribution in [1.82, 2.24) is 10.0 Å². The summed E-state index contributed by atoms with van der Waals surface area (Å²) in [7, 11) is -3.75. The predicted octanol–water partition coefficient (Wildman–Crippen LogP) is 2.57. The molecule has 0 aliphatic rings. The molecule has 1 aromatic carbocycles. The van der Waals surface area contributed by atoms with Crippen LogP contribution in [0.5, 0.6) is 0 Å². The van der Waals surface area contributed by atoms with E-state index in [1.54, 1.807) is 6.07 Å². The van der Waals surface area contributed by atoms with Crippen LogP contribution in [0, 0.1) is 12.8 Å². The highest BCUT2D eigenvalue weighted by Crippen LogP contribution is 2.28. The van der Waals surface area contributed by atoms with Crippen molar-refractivity contribution in [2.24, 2.45) is 5.92 Å². The van der Waals surface area contributed by atoms with Gasteiger partial charge < -0.3 is 5.32 Å². The fraction of sp³-hybridized carbons (Fsp3) is 0.462. The molecule has 0 fully saturated rings. The third-order valence-corrected chi connectivity index (χ3v) is 5.85. The van der Waals surface area contributed by atoms with E-state index in [0.717, 1.165) is 5.56 Å². The van der Waals surface area contributed by atoms with Gasteiger partial charge in [-0.15, -0.1) is 0 Å². The van der Waals surface area contributed by atoms with Crippen LogP contribution in [-0.2, 0) is 14.8 Å². The molecule has 0 bridgehead atoms. The number of sulfonamides is 1. The molecular formula is C13H18Br2N2O3S. The van der Waals surface area contributed by atoms with E-state index in [4.69, 9.17) is 0 Å². The van der Waals surface area contributed by atoms with E-state index >= 15 is 0 Å². The number of hydrogen-bond acceptors (Lipinski definition) is 3. The van der Waals surface area contributed by atoms with Crippen LogP contribution in [0.1, 0.15) is 19.4 Å². The topological polar surface area (TPSA) is 75.3 Å². The third kappa shape index (κ3) is 5.69. The quantitative estimate of drug-likeness (QED) is 0.712. The first-order valence-corrected chi connectivity index (χ1v) is 9.42. The minimum Gasteiger partial charge on any atom is -0.355 e. The van der Waals surface area contributed by atoms with Gasteiger partial charge in [-0.05, 0) is 46.5 Å². The van der Waals surface area contributed by atoms with E-state index in [2.05, 4.69) is 41.9 Å². The lowest BCUT2D eigenvalue weighted by molar-refractivity contribution is -0.120. The Bertz CT molecular complexity index is 631. The Morgan fingerprint density at radius 3 is 2.43 bits per heavy atom. The standard InChI is InChI=1S/C13H18Br2N2O3S/c1-8(2)6-16-13(18)7-17-21(19,20)12-5-10(14)9(3)4-11(12)15/h4-5,8,17H,6-7H2,1-3H3,(H,16,18). The van der Waals surface area contributed by atoms with Crippen molar-refractivity contribution in [1.29, 1.82) is 0 Å². The molecule has 118 valence electrons. The van der Waals surface area contributed by atoms with Crippen LogP contribution < -0.4 is 10.0 Å². The molecule has 2 N–H and O–H groups in total. The molecule has 0 aliphatic heterocycles. The highest BCUT2D eigenvalue weighted by atomic mass is 79.9. The second-order valence-corrected chi connectivity index (χ2v) is 8.50. The molecule has 8 heteroatoms. The fourth-order valence-electron chi connectivity index (χ4n) is 1.45. The van der Waals surface area contributed by atoms with E-state index in [1.807, 2.05) is 20.8 Å². The summed E-state index contributed by atoms with van der Waals surface area (Å²) in [5, 5.41) is 2.65. The van der Waals surface area contributed by atoms with Gasteiger partial charge in [0.1, 0.15) is 0 Å². The van der Waals surface area contributed by atoms with Crippen molar-refractivity contribution in [2.45, 2.75) is 25.7 Å². The van der Waals surface area contributed by atoms with Gasteiger partial charge in [-0.3, -0.25) is 4.79 Å². The zero-order valence-corrected chi connectivity index (χ0v) is 16.0. The van der Waals surface area contributed by atoms with Gasteiger partial charge >= 0.3 is 0 Å². The molecule has 0 saturated heterocycles. The van der Waals surface area contributed by atoms with Gasteiger partial charge in [0.15, 0.2) is 0 Å². The molecule has 0 radical (unpaired) electrons. The van der Waals surface area contributed by atoms with E-state index in [-0.39, 0.29) is 17.3 Å². The van der Waals surface area contributed by atoms with Gasteiger partial charge in [-0.25, -0.2) is 13.1 Å². The first-order chi connectivity index (χ1) is 9.63. The maximum absolute atomic E-state index is 12.2. The number of nitrogens with one attached hydrogen (secondary N) is 2. The van der Waals surface area contributed by atoms with Crippen LogP contribution in [0.15, 0.2) is 26.0 Å². The molecule has 5 nitrogen and oxygen atoms in total. The van der Waals surface area contributed by atoms with Gasteiger partial charge in [0.05, 0.1) is 11.4 Å². The van der Waals surface area contributed by atoms with Crippen LogP contribution in [0.3, 0.4) is 0 Å². The Labute approximate surface area is 142 Å². The summed E-state index contributed by atoms with van der Waals surface area (Å²) < 4.78 is 27.9. The summed E-state index contributed by atoms with van der Waals surface area (Å²) in [6, 6.07) is 3.21. The van der Waals surface area contributed by atoms with E-state index in [0.29, 0.717) is 21.4 Å². The summed E-state index contributed by atoms with van der Waals surface area (Å²) in [6.07, 6.45) is 0. The van der Waals surface area contributed by atoms with E-state index < -0.39 is 10.0 Å². The fourth-order valence-corrected chi connectivity index (χ4v) is 4.11. The third-order valence-electron chi connectivity index (χ3n) is 2.63. The lowest BCUT2D eigenvalue weighted by Gasteiger charge is -2.11. The molecular weight excluding hydrogens is 424 g/mol. The summed E-state index contributed by atoms with van der Waals surface area (Å²) in [5.41, 5.74) is 0.913. The molecule has 1 aromatic rings. The molecule has 1 rings (SSSR count). The zero-order chi connectivity index (χ0) is 16.2. The minimum absolute atomic E-state index is 0.0941. The lowest BCUT2D eigenvalue weighted by Crippen LogP contribution is -2.38. The number of carbonyl (C=O) groups excluding carboxylic acids is 1. The second kappa shape index (κ2) is 7.71. The van der Waals surface area contributed by atoms with Crippen LogP contribution >= 0.6 is 31.9 Å². The monoisotopic (exact) mass is 440 g/mol. The average Bonchev–Trinajstić information content (AvgIpc) is 2.38. The summed E-state index contributed by atoms with van der Waals surface area (Å²) >= 11 is 6.53. The van der Waals surface area contributed by atoms with Crippen LogP contribution in [0.25, 0.3) is 0 Å². The minimum atomic E-state index is -3.75. The Balaban J connectivity index is 2.79. The van der Waals surface area contributed by atoms with Crippen molar-refractivity contribution in [3.05, 3.63) is 26.6 Å². The average molecular weight is 442 g/mol. The van der Waals surface area contributed by atoms with Gasteiger partial charge in [-0.2, -0.15) is 0 Å².